The molecule has 1 aromatic rings. The van der Waals surface area contributed by atoms with Crippen LogP contribution in [0.15, 0.2) is 9.98 Å². The number of halogens is 3. The fourth-order valence-electron chi connectivity index (χ4n) is 2.25. The summed E-state index contributed by atoms with van der Waals surface area (Å²) >= 11 is 3.82. The van der Waals surface area contributed by atoms with E-state index in [0.29, 0.717) is 29.5 Å². The van der Waals surface area contributed by atoms with E-state index in [1.807, 2.05) is 0 Å². The second-order valence-electron chi connectivity index (χ2n) is 4.52. The third kappa shape index (κ3) is 1.89. The van der Waals surface area contributed by atoms with Crippen molar-refractivity contribution in [1.82, 2.24) is 9.88 Å². The Morgan fingerprint density at radius 2 is 2.18 bits per heavy atom. The van der Waals surface area contributed by atoms with Gasteiger partial charge in [0.1, 0.15) is 4.60 Å². The van der Waals surface area contributed by atoms with Gasteiger partial charge in [-0.2, -0.15) is 8.78 Å². The third-order valence-corrected chi connectivity index (χ3v) is 4.90. The molecular formula is C10H9BrF2N2OS. The van der Waals surface area contributed by atoms with Crippen molar-refractivity contribution in [3.63, 3.8) is 0 Å². The maximum atomic E-state index is 13.9. The van der Waals surface area contributed by atoms with Crippen molar-refractivity contribution in [2.75, 3.05) is 13.1 Å². The number of piperidine rings is 1. The number of alkyl halides is 2. The van der Waals surface area contributed by atoms with Crippen molar-refractivity contribution < 1.29 is 13.6 Å². The average molecular weight is 323 g/mol. The molecule has 0 aromatic carbocycles. The lowest BCUT2D eigenvalue weighted by atomic mass is 10.3. The SMILES string of the molecule is O=C(N1CC2CC2C1)C(F)(F)c1nc(Br)cs1. The number of thiazole rings is 1. The van der Waals surface area contributed by atoms with Gasteiger partial charge in [0.05, 0.1) is 0 Å². The molecule has 0 spiro atoms. The van der Waals surface area contributed by atoms with Gasteiger partial charge >= 0.3 is 11.8 Å². The molecule has 92 valence electrons. The van der Waals surface area contributed by atoms with Crippen molar-refractivity contribution in [2.24, 2.45) is 11.8 Å². The van der Waals surface area contributed by atoms with Crippen LogP contribution in [0, 0.1) is 11.8 Å². The Hall–Kier alpha value is -0.560. The van der Waals surface area contributed by atoms with Gasteiger partial charge in [-0.1, -0.05) is 0 Å². The molecule has 2 aliphatic rings. The summed E-state index contributed by atoms with van der Waals surface area (Å²) in [6.07, 6.45) is 1.08. The van der Waals surface area contributed by atoms with E-state index in [1.165, 1.54) is 10.3 Å². The molecule has 2 heterocycles. The highest BCUT2D eigenvalue weighted by Crippen LogP contribution is 2.46. The molecule has 7 heteroatoms. The zero-order valence-corrected chi connectivity index (χ0v) is 11.1. The topological polar surface area (TPSA) is 33.2 Å². The van der Waals surface area contributed by atoms with E-state index in [1.54, 1.807) is 0 Å². The minimum absolute atomic E-state index is 0.342. The average Bonchev–Trinajstić information content (AvgIpc) is 2.73. The quantitative estimate of drug-likeness (QED) is 0.838. The summed E-state index contributed by atoms with van der Waals surface area (Å²) in [6.45, 7) is 0.956. The van der Waals surface area contributed by atoms with E-state index in [2.05, 4.69) is 20.9 Å². The van der Waals surface area contributed by atoms with Crippen LogP contribution >= 0.6 is 27.3 Å². The maximum Gasteiger partial charge on any atom is 0.375 e. The van der Waals surface area contributed by atoms with Gasteiger partial charge < -0.3 is 4.90 Å². The van der Waals surface area contributed by atoms with Crippen LogP contribution in [-0.4, -0.2) is 28.9 Å². The Morgan fingerprint density at radius 1 is 1.53 bits per heavy atom. The van der Waals surface area contributed by atoms with Crippen molar-refractivity contribution in [3.05, 3.63) is 15.0 Å². The minimum Gasteiger partial charge on any atom is -0.336 e. The Labute approximate surface area is 109 Å². The number of likely N-dealkylation sites (tertiary alicyclic amines) is 1. The first kappa shape index (κ1) is 11.5. The number of hydrogen-bond acceptors (Lipinski definition) is 3. The van der Waals surface area contributed by atoms with E-state index in [4.69, 9.17) is 0 Å². The summed E-state index contributed by atoms with van der Waals surface area (Å²) in [7, 11) is 0. The van der Waals surface area contributed by atoms with Crippen molar-refractivity contribution >= 4 is 33.2 Å². The molecule has 1 aliphatic heterocycles. The van der Waals surface area contributed by atoms with Crippen LogP contribution in [0.25, 0.3) is 0 Å². The molecule has 2 unspecified atom stereocenters. The van der Waals surface area contributed by atoms with Gasteiger partial charge in [-0.3, -0.25) is 4.79 Å². The Balaban J connectivity index is 1.79. The van der Waals surface area contributed by atoms with Crippen LogP contribution in [0.1, 0.15) is 11.4 Å². The normalized spacial score (nSPS) is 27.1. The molecule has 1 aliphatic carbocycles. The second kappa shape index (κ2) is 3.71. The van der Waals surface area contributed by atoms with Gasteiger partial charge in [-0.15, -0.1) is 11.3 Å². The third-order valence-electron chi connectivity index (χ3n) is 3.28. The van der Waals surface area contributed by atoms with Crippen LogP contribution in [0.5, 0.6) is 0 Å². The molecule has 1 aromatic heterocycles. The lowest BCUT2D eigenvalue weighted by Gasteiger charge is -2.22. The summed E-state index contributed by atoms with van der Waals surface area (Å²) in [6, 6.07) is 0. The smallest absolute Gasteiger partial charge is 0.336 e. The fraction of sp³-hybridized carbons (Fsp3) is 0.600. The molecule has 2 fully saturated rings. The standard InChI is InChI=1S/C10H9BrF2N2OS/c11-7-4-17-8(14-7)10(12,13)9(16)15-2-5-1-6(5)3-15/h4-6H,1-3H2. The fourth-order valence-corrected chi connectivity index (χ4v) is 3.48. The number of fused-ring (bicyclic) bond motifs is 1. The predicted molar refractivity (Wildman–Crippen MR) is 61.9 cm³/mol. The first-order chi connectivity index (χ1) is 7.98. The number of amides is 1. The van der Waals surface area contributed by atoms with Crippen LogP contribution in [0.3, 0.4) is 0 Å². The summed E-state index contributed by atoms with van der Waals surface area (Å²) in [5.74, 6) is -3.69. The Kier molecular flexibility index (Phi) is 2.52. The van der Waals surface area contributed by atoms with Crippen LogP contribution in [0.2, 0.25) is 0 Å². The van der Waals surface area contributed by atoms with Gasteiger partial charge in [0.25, 0.3) is 0 Å². The largest absolute Gasteiger partial charge is 0.375 e. The molecule has 1 amide bonds. The van der Waals surface area contributed by atoms with E-state index in [0.717, 1.165) is 17.8 Å². The van der Waals surface area contributed by atoms with Gasteiger partial charge in [-0.05, 0) is 34.2 Å². The summed E-state index contributed by atoms with van der Waals surface area (Å²) < 4.78 is 28.1. The zero-order chi connectivity index (χ0) is 12.2. The maximum absolute atomic E-state index is 13.9. The van der Waals surface area contributed by atoms with E-state index in [9.17, 15) is 13.6 Å². The highest BCUT2D eigenvalue weighted by atomic mass is 79.9. The van der Waals surface area contributed by atoms with Crippen LogP contribution < -0.4 is 0 Å². The monoisotopic (exact) mass is 322 g/mol. The van der Waals surface area contributed by atoms with E-state index >= 15 is 0 Å². The molecular weight excluding hydrogens is 314 g/mol. The van der Waals surface area contributed by atoms with Crippen molar-refractivity contribution in [1.29, 1.82) is 0 Å². The first-order valence-corrected chi connectivity index (χ1v) is 6.94. The lowest BCUT2D eigenvalue weighted by Crippen LogP contribution is -2.41. The second-order valence-corrected chi connectivity index (χ2v) is 6.19. The number of carbonyl (C=O) groups excluding carboxylic acids is 1. The molecule has 1 saturated carbocycles. The highest BCUT2D eigenvalue weighted by molar-refractivity contribution is 9.10. The number of nitrogens with zero attached hydrogens (tertiary/aromatic N) is 2. The Bertz CT molecular complexity index is 469. The van der Waals surface area contributed by atoms with Crippen molar-refractivity contribution in [3.8, 4) is 0 Å². The lowest BCUT2D eigenvalue weighted by molar-refractivity contribution is -0.158. The van der Waals surface area contributed by atoms with Crippen molar-refractivity contribution in [2.45, 2.75) is 12.3 Å². The van der Waals surface area contributed by atoms with Gasteiger partial charge in [0.2, 0.25) is 0 Å². The Morgan fingerprint density at radius 3 is 2.71 bits per heavy atom. The van der Waals surface area contributed by atoms with Crippen LogP contribution in [-0.2, 0) is 10.7 Å². The molecule has 0 radical (unpaired) electrons. The molecule has 0 N–H and O–H groups in total. The van der Waals surface area contributed by atoms with Crippen LogP contribution in [0.4, 0.5) is 8.78 Å². The predicted octanol–water partition coefficient (Wildman–Crippen LogP) is 2.48. The van der Waals surface area contributed by atoms with Gasteiger partial charge in [0.15, 0.2) is 5.01 Å². The van der Waals surface area contributed by atoms with Gasteiger partial charge in [-0.25, -0.2) is 4.98 Å². The number of aromatic nitrogens is 1. The molecule has 17 heavy (non-hydrogen) atoms. The molecule has 3 rings (SSSR count). The van der Waals surface area contributed by atoms with Gasteiger partial charge in [0, 0.05) is 18.5 Å². The zero-order valence-electron chi connectivity index (χ0n) is 8.70. The number of rotatable bonds is 2. The number of carbonyl (C=O) groups is 1. The summed E-state index contributed by atoms with van der Waals surface area (Å²) in [4.78, 5) is 16.7. The molecule has 2 atom stereocenters. The molecule has 1 saturated heterocycles. The molecule has 0 bridgehead atoms. The minimum atomic E-state index is -3.49. The van der Waals surface area contributed by atoms with E-state index in [-0.39, 0.29) is 0 Å². The van der Waals surface area contributed by atoms with E-state index < -0.39 is 16.8 Å². The summed E-state index contributed by atoms with van der Waals surface area (Å²) in [5.41, 5.74) is 0. The molecule has 3 nitrogen and oxygen atoms in total. The summed E-state index contributed by atoms with van der Waals surface area (Å²) in [5, 5.41) is 1.02. The first-order valence-electron chi connectivity index (χ1n) is 5.27. The number of hydrogen-bond donors (Lipinski definition) is 0. The highest BCUT2D eigenvalue weighted by Gasteiger charge is 2.53.